The fourth-order valence-corrected chi connectivity index (χ4v) is 14.9. The number of unbranched alkanes of at least 4 members (excludes halogenated alkanes) is 2. The van der Waals surface area contributed by atoms with Crippen LogP contribution in [0.2, 0.25) is 0 Å². The average molecular weight is 1810 g/mol. The lowest BCUT2D eigenvalue weighted by molar-refractivity contribution is -0.124. The Morgan fingerprint density at radius 3 is 1.14 bits per heavy atom. The number of fused-ring (bicyclic) bond motifs is 4. The van der Waals surface area contributed by atoms with Gasteiger partial charge < -0.3 is 73.4 Å². The summed E-state index contributed by atoms with van der Waals surface area (Å²) in [6.45, 7) is 31.1. The molecule has 0 radical (unpaired) electrons. The molecule has 35 nitrogen and oxygen atoms in total. The Morgan fingerprint density at radius 2 is 0.767 bits per heavy atom. The number of aryl methyl sites for hydroxylation is 4. The van der Waals surface area contributed by atoms with Crippen LogP contribution in [0, 0.1) is 27.7 Å². The molecule has 0 saturated carbocycles. The number of ether oxygens (including phenoxy) is 3. The number of nitrogen functional groups attached to an aromatic ring is 4. The first-order chi connectivity index (χ1) is 63.6. The third kappa shape index (κ3) is 24.9. The number of hydrogen-bond acceptors (Lipinski definition) is 26. The highest BCUT2D eigenvalue weighted by atomic mass is 16.5. The van der Waals surface area contributed by atoms with Crippen molar-refractivity contribution in [2.24, 2.45) is 0 Å². The number of benzene rings is 6. The summed E-state index contributed by atoms with van der Waals surface area (Å²) in [5.41, 5.74) is 38.9. The number of nitrogens with two attached hydrogens (primary N) is 4. The number of carbonyl (C=O) groups excluding carboxylic acids is 6. The first kappa shape index (κ1) is 97.3. The van der Waals surface area contributed by atoms with Crippen LogP contribution in [-0.2, 0) is 62.2 Å². The summed E-state index contributed by atoms with van der Waals surface area (Å²) in [6, 6.07) is 49.5. The Hall–Kier alpha value is -14.7. The van der Waals surface area contributed by atoms with Crippen LogP contribution in [0.3, 0.4) is 0 Å². The summed E-state index contributed by atoms with van der Waals surface area (Å²) in [5, 5.41) is 36.9. The fourth-order valence-electron chi connectivity index (χ4n) is 14.9. The molecule has 6 aromatic carbocycles. The first-order valence-electron chi connectivity index (χ1n) is 44.3. The molecule has 0 bridgehead atoms. The van der Waals surface area contributed by atoms with Crippen molar-refractivity contribution in [2.75, 3.05) is 101 Å². The van der Waals surface area contributed by atoms with Crippen LogP contribution in [0.5, 0.6) is 0 Å². The van der Waals surface area contributed by atoms with Gasteiger partial charge in [-0.2, -0.15) is 20.4 Å². The number of alkyl carbamates (subject to hydrolysis) is 1. The first-order valence-corrected chi connectivity index (χ1v) is 44.3. The zero-order valence-electron chi connectivity index (χ0n) is 78.1. The fraction of sp³-hybridized carbons (Fsp3) is 0.367. The zero-order chi connectivity index (χ0) is 95.3. The molecule has 35 heteroatoms. The molecule has 1 saturated heterocycles. The maximum absolute atomic E-state index is 13.1. The van der Waals surface area contributed by atoms with Gasteiger partial charge in [0, 0.05) is 112 Å². The number of Topliss-reactive ketones (excluding diaryl/α,β-unsaturated/α-hetero) is 1. The zero-order valence-corrected chi connectivity index (χ0v) is 78.1. The van der Waals surface area contributed by atoms with Crippen molar-refractivity contribution in [1.29, 1.82) is 0 Å². The number of morpholine rings is 1. The van der Waals surface area contributed by atoms with Gasteiger partial charge >= 0.3 is 6.09 Å². The number of carbonyl (C=O) groups is 6. The highest BCUT2D eigenvalue weighted by Crippen LogP contribution is 2.39. The predicted molar refractivity (Wildman–Crippen MR) is 517 cm³/mol. The molecule has 0 atom stereocenters. The average Bonchev–Trinajstić information content (AvgIpc) is 1.62. The van der Waals surface area contributed by atoms with Crippen molar-refractivity contribution >= 4 is 109 Å². The van der Waals surface area contributed by atoms with Gasteiger partial charge in [0.2, 0.25) is 17.7 Å². The normalized spacial score (nSPS) is 12.3. The van der Waals surface area contributed by atoms with Crippen molar-refractivity contribution in [3.8, 4) is 45.0 Å². The molecule has 1 aliphatic heterocycles. The second-order valence-corrected chi connectivity index (χ2v) is 35.5. The summed E-state index contributed by atoms with van der Waals surface area (Å²) in [5.74, 6) is 1.07. The highest BCUT2D eigenvalue weighted by molar-refractivity contribution is 6.02. The lowest BCUT2D eigenvalue weighted by atomic mass is 10.1. The van der Waals surface area contributed by atoms with Gasteiger partial charge in [-0.1, -0.05) is 162 Å². The number of nitrogens with zero attached hydrogens (tertiary/aromatic N) is 17. The Morgan fingerprint density at radius 1 is 0.406 bits per heavy atom. The summed E-state index contributed by atoms with van der Waals surface area (Å²) in [4.78, 5) is 109. The van der Waals surface area contributed by atoms with Gasteiger partial charge in [-0.15, -0.1) is 0 Å². The van der Waals surface area contributed by atoms with Gasteiger partial charge in [-0.3, -0.25) is 19.2 Å². The molecule has 15 rings (SSSR count). The van der Waals surface area contributed by atoms with Crippen LogP contribution in [0.4, 0.5) is 33.8 Å². The van der Waals surface area contributed by atoms with Crippen molar-refractivity contribution in [2.45, 2.75) is 164 Å². The Bertz CT molecular complexity index is 6380. The summed E-state index contributed by atoms with van der Waals surface area (Å²) >= 11 is 0. The summed E-state index contributed by atoms with van der Waals surface area (Å²) < 4.78 is 22.8. The molecular formula is C98H120N26O9. The van der Waals surface area contributed by atoms with E-state index in [9.17, 15) is 28.8 Å². The van der Waals surface area contributed by atoms with Gasteiger partial charge in [-0.05, 0) is 127 Å². The second kappa shape index (κ2) is 43.8. The molecule has 0 spiro atoms. The molecule has 14 aromatic rings. The number of anilines is 5. The second-order valence-electron chi connectivity index (χ2n) is 35.5. The third-order valence-electron chi connectivity index (χ3n) is 22.7. The van der Waals surface area contributed by atoms with Gasteiger partial charge in [0.15, 0.2) is 22.6 Å². The van der Waals surface area contributed by atoms with Crippen LogP contribution in [-0.4, -0.2) is 187 Å². The highest BCUT2D eigenvalue weighted by Gasteiger charge is 2.34. The number of methoxy groups -OCH3 is 1. The summed E-state index contributed by atoms with van der Waals surface area (Å²) in [7, 11) is 1.57. The molecule has 5 amide bonds. The molecule has 13 N–H and O–H groups in total. The number of aromatic nitrogens is 16. The minimum absolute atomic E-state index is 0.00704. The smallest absolute Gasteiger partial charge is 0.407 e. The van der Waals surface area contributed by atoms with Crippen molar-refractivity contribution in [1.82, 2.24) is 106 Å². The molecular weight excluding hydrogens is 1690 g/mol. The van der Waals surface area contributed by atoms with Gasteiger partial charge in [0.1, 0.15) is 83.7 Å². The molecule has 0 aliphatic carbocycles. The molecule has 0 unspecified atom stereocenters. The minimum Gasteiger partial charge on any atom is -0.445 e. The number of nitrogens with one attached hydrogen (secondary N) is 5. The van der Waals surface area contributed by atoms with E-state index in [-0.39, 0.29) is 48.9 Å². The van der Waals surface area contributed by atoms with Crippen molar-refractivity contribution in [3.05, 3.63) is 210 Å². The lowest BCUT2D eigenvalue weighted by Crippen LogP contribution is -2.41. The molecule has 9 heterocycles. The molecule has 1 fully saturated rings. The molecule has 8 aromatic heterocycles. The van der Waals surface area contributed by atoms with E-state index in [0.29, 0.717) is 150 Å². The third-order valence-corrected chi connectivity index (χ3v) is 22.7. The van der Waals surface area contributed by atoms with Crippen molar-refractivity contribution in [3.63, 3.8) is 0 Å². The van der Waals surface area contributed by atoms with E-state index in [1.54, 1.807) is 11.8 Å². The standard InChI is InChI=1S/C30H37N7O3.C27H31N7O2.C21H26N6O2.C20H26N6O2/c1-21-13-15-23(16-14-21)26-25-27(31)34-20-35-28(25)37(36-26)30(2,3)19-33-24(38)12-8-5-9-17-32-29(39)40-18-22-10-6-4-7-11-22;1-18-7-9-19(10-8-18)23-22-24(28)30-17-31-25(22)34(32-23)27(2,3)16-29-26(35)20-5-4-6-21(15-20)33-11-13-36-14-12-33;1-13-5-8-15(9-6-13)18-17-19(22)24-12-25-20(17)27(26-18)21(3,4)11-23-16(29)10-7-14(2)28;1-13-5-7-14(8-6-13)17-16-18(21)23-12-24-19(16)26(25-17)20(2,3)11-22-15(27)9-10-28-4/h4,6-7,10-11,13-16,20H,5,8-9,12,17-19H2,1-3H3,(H,32,39)(H,33,38)(H2,31,34,35);4-10,15,17H,11-14,16H2,1-3H3,(H,29,35)(H2,28,30,31);5-6,8-9,12H,7,10-11H2,1-4H3,(H,23,29)(H2,22,24,25);5-8,12H,9-11H2,1-4H3,(H,22,27)(H2,21,23,24). The maximum atomic E-state index is 13.1. The van der Waals surface area contributed by atoms with Gasteiger partial charge in [0.05, 0.1) is 63.5 Å². The Balaban J connectivity index is 0.000000162. The molecule has 133 heavy (non-hydrogen) atoms. The van der Waals surface area contributed by atoms with E-state index < -0.39 is 28.2 Å². The number of amides is 5. The van der Waals surface area contributed by atoms with E-state index in [0.717, 1.165) is 99.5 Å². The van der Waals surface area contributed by atoms with Crippen LogP contribution < -0.4 is 54.4 Å². The topological polar surface area (TPSA) is 472 Å². The molecule has 696 valence electrons. The summed E-state index contributed by atoms with van der Waals surface area (Å²) in [6.07, 6.45) is 8.71. The van der Waals surface area contributed by atoms with Crippen LogP contribution in [0.15, 0.2) is 177 Å². The minimum atomic E-state index is -0.584. The van der Waals surface area contributed by atoms with E-state index in [4.69, 9.17) is 57.5 Å². The van der Waals surface area contributed by atoms with Crippen LogP contribution in [0.25, 0.3) is 89.2 Å². The Kier molecular flexibility index (Phi) is 32.0. The number of ketones is 1. The largest absolute Gasteiger partial charge is 0.445 e. The van der Waals surface area contributed by atoms with Gasteiger partial charge in [-0.25, -0.2) is 63.4 Å². The van der Waals surface area contributed by atoms with Crippen LogP contribution in [0.1, 0.15) is 145 Å². The lowest BCUT2D eigenvalue weighted by Gasteiger charge is -2.29. The van der Waals surface area contributed by atoms with Gasteiger partial charge in [0.25, 0.3) is 5.91 Å². The predicted octanol–water partition coefficient (Wildman–Crippen LogP) is 13.0. The monoisotopic (exact) mass is 1800 g/mol. The van der Waals surface area contributed by atoms with Crippen LogP contribution >= 0.6 is 0 Å². The van der Waals surface area contributed by atoms with E-state index in [2.05, 4.69) is 71.4 Å². The Labute approximate surface area is 772 Å². The van der Waals surface area contributed by atoms with E-state index in [1.165, 1.54) is 32.2 Å². The number of rotatable bonds is 32. The van der Waals surface area contributed by atoms with E-state index in [1.807, 2.05) is 249 Å². The quantitative estimate of drug-likeness (QED) is 0.0177. The SMILES string of the molecule is CC(=O)CCC(=O)NCC(C)(C)n1nc(-c2ccc(C)cc2)c2c(N)ncnc21.COCCC(=O)NCC(C)(C)n1nc(-c2ccc(C)cc2)c2c(N)ncnc21.Cc1ccc(-c2nn(C(C)(C)CNC(=O)CCCCCNC(=O)OCc3ccccc3)c3ncnc(N)c23)cc1.Cc1ccc(-c2nn(C(C)(C)CNC(=O)c3cccc(N4CCOCC4)c3)c3ncnc(N)c23)cc1. The molecule has 1 aliphatic rings. The van der Waals surface area contributed by atoms with Crippen molar-refractivity contribution < 1.29 is 43.0 Å². The number of hydrogen-bond donors (Lipinski definition) is 9. The van der Waals surface area contributed by atoms with E-state index >= 15 is 0 Å². The maximum Gasteiger partial charge on any atom is 0.407 e.